The number of halogens is 1. The monoisotopic (exact) mass is 290 g/mol. The first-order valence-electron chi connectivity index (χ1n) is 6.07. The van der Waals surface area contributed by atoms with Crippen LogP contribution in [0.15, 0.2) is 42.5 Å². The Morgan fingerprint density at radius 1 is 1.10 bits per heavy atom. The average molecular weight is 291 g/mol. The summed E-state index contributed by atoms with van der Waals surface area (Å²) in [6.07, 6.45) is -0.489. The van der Waals surface area contributed by atoms with Crippen LogP contribution in [0.1, 0.15) is 5.56 Å². The normalized spacial score (nSPS) is 9.95. The van der Waals surface area contributed by atoms with E-state index in [0.717, 1.165) is 22.0 Å². The number of anilines is 3. The van der Waals surface area contributed by atoms with Crippen molar-refractivity contribution >= 4 is 34.8 Å². The molecule has 0 aliphatic carbocycles. The minimum atomic E-state index is -0.489. The first-order chi connectivity index (χ1) is 9.60. The third-order valence-corrected chi connectivity index (χ3v) is 3.27. The van der Waals surface area contributed by atoms with E-state index in [1.165, 1.54) is 7.11 Å². The molecule has 0 aromatic heterocycles. The van der Waals surface area contributed by atoms with Gasteiger partial charge in [-0.1, -0.05) is 17.7 Å². The Labute approximate surface area is 122 Å². The molecule has 2 aromatic carbocycles. The van der Waals surface area contributed by atoms with E-state index >= 15 is 0 Å². The van der Waals surface area contributed by atoms with Crippen LogP contribution < -0.4 is 10.6 Å². The molecule has 2 N–H and O–H groups in total. The molecule has 0 fully saturated rings. The van der Waals surface area contributed by atoms with Crippen LogP contribution in [0.2, 0.25) is 5.02 Å². The number of carbonyl (C=O) groups excluding carboxylic acids is 1. The largest absolute Gasteiger partial charge is 0.453 e. The first-order valence-corrected chi connectivity index (χ1v) is 6.45. The molecule has 0 bridgehead atoms. The molecule has 1 amide bonds. The summed E-state index contributed by atoms with van der Waals surface area (Å²) in [6.45, 7) is 1.96. The zero-order valence-electron chi connectivity index (χ0n) is 11.2. The van der Waals surface area contributed by atoms with Crippen LogP contribution >= 0.6 is 11.6 Å². The summed E-state index contributed by atoms with van der Waals surface area (Å²) in [7, 11) is 1.33. The molecule has 0 heterocycles. The van der Waals surface area contributed by atoms with Gasteiger partial charge in [0.05, 0.1) is 7.11 Å². The standard InChI is InChI=1S/C15H15ClN2O2/c1-10-13(16)4-3-5-14(10)17-11-6-8-12(9-7-11)18-15(19)20-2/h3-9,17H,1-2H3,(H,18,19). The smallest absolute Gasteiger partial charge is 0.411 e. The van der Waals surface area contributed by atoms with E-state index in [2.05, 4.69) is 15.4 Å². The lowest BCUT2D eigenvalue weighted by atomic mass is 10.2. The van der Waals surface area contributed by atoms with E-state index in [-0.39, 0.29) is 0 Å². The quantitative estimate of drug-likeness (QED) is 0.870. The van der Waals surface area contributed by atoms with Crippen LogP contribution in [-0.2, 0) is 4.74 Å². The molecule has 0 saturated carbocycles. The molecule has 0 aliphatic heterocycles. The van der Waals surface area contributed by atoms with Gasteiger partial charge in [0.2, 0.25) is 0 Å². The topological polar surface area (TPSA) is 50.4 Å². The predicted octanol–water partition coefficient (Wildman–Crippen LogP) is 4.57. The van der Waals surface area contributed by atoms with Crippen LogP contribution in [0.5, 0.6) is 0 Å². The van der Waals surface area contributed by atoms with Gasteiger partial charge in [-0.15, -0.1) is 0 Å². The highest BCUT2D eigenvalue weighted by atomic mass is 35.5. The number of ether oxygens (including phenoxy) is 1. The SMILES string of the molecule is COC(=O)Nc1ccc(Nc2cccc(Cl)c2C)cc1. The molecule has 0 saturated heterocycles. The fourth-order valence-electron chi connectivity index (χ4n) is 1.70. The van der Waals surface area contributed by atoms with Gasteiger partial charge in [-0.25, -0.2) is 4.79 Å². The minimum absolute atomic E-state index is 0.489. The van der Waals surface area contributed by atoms with Crippen molar-refractivity contribution in [2.45, 2.75) is 6.92 Å². The molecule has 2 rings (SSSR count). The number of hydrogen-bond acceptors (Lipinski definition) is 3. The number of carbonyl (C=O) groups is 1. The van der Waals surface area contributed by atoms with Gasteiger partial charge >= 0.3 is 6.09 Å². The Hall–Kier alpha value is -2.20. The molecule has 4 nitrogen and oxygen atoms in total. The van der Waals surface area contributed by atoms with Gasteiger partial charge in [0, 0.05) is 22.1 Å². The summed E-state index contributed by atoms with van der Waals surface area (Å²) >= 11 is 6.08. The van der Waals surface area contributed by atoms with Gasteiger partial charge in [0.1, 0.15) is 0 Å². The van der Waals surface area contributed by atoms with E-state index in [4.69, 9.17) is 11.6 Å². The van der Waals surface area contributed by atoms with E-state index in [9.17, 15) is 4.79 Å². The van der Waals surface area contributed by atoms with E-state index < -0.39 is 6.09 Å². The summed E-state index contributed by atoms with van der Waals surface area (Å²) in [5, 5.41) is 6.59. The Morgan fingerprint density at radius 3 is 2.40 bits per heavy atom. The van der Waals surface area contributed by atoms with Gasteiger partial charge in [0.25, 0.3) is 0 Å². The molecular formula is C15H15ClN2O2. The highest BCUT2D eigenvalue weighted by Crippen LogP contribution is 2.26. The molecule has 0 radical (unpaired) electrons. The molecular weight excluding hydrogens is 276 g/mol. The van der Waals surface area contributed by atoms with E-state index in [1.807, 2.05) is 37.3 Å². The Balaban J connectivity index is 2.11. The molecule has 5 heteroatoms. The van der Waals surface area contributed by atoms with Crippen molar-refractivity contribution in [2.24, 2.45) is 0 Å². The van der Waals surface area contributed by atoms with Crippen molar-refractivity contribution in [3.8, 4) is 0 Å². The number of hydrogen-bond donors (Lipinski definition) is 2. The lowest BCUT2D eigenvalue weighted by molar-refractivity contribution is 0.187. The maximum absolute atomic E-state index is 11.1. The Kier molecular flexibility index (Phi) is 4.48. The van der Waals surface area contributed by atoms with E-state index in [0.29, 0.717) is 5.69 Å². The number of nitrogens with one attached hydrogen (secondary N) is 2. The number of amides is 1. The van der Waals surface area contributed by atoms with Crippen molar-refractivity contribution < 1.29 is 9.53 Å². The number of benzene rings is 2. The van der Waals surface area contributed by atoms with Crippen molar-refractivity contribution in [3.63, 3.8) is 0 Å². The Bertz CT molecular complexity index is 612. The maximum Gasteiger partial charge on any atom is 0.411 e. The molecule has 0 spiro atoms. The van der Waals surface area contributed by atoms with Gasteiger partial charge in [-0.05, 0) is 48.9 Å². The maximum atomic E-state index is 11.1. The van der Waals surface area contributed by atoms with Gasteiger partial charge in [-0.3, -0.25) is 5.32 Å². The molecule has 0 atom stereocenters. The van der Waals surface area contributed by atoms with Crippen LogP contribution in [0.4, 0.5) is 21.9 Å². The summed E-state index contributed by atoms with van der Waals surface area (Å²) in [4.78, 5) is 11.1. The second-order valence-corrected chi connectivity index (χ2v) is 4.64. The zero-order chi connectivity index (χ0) is 14.5. The second kappa shape index (κ2) is 6.30. The van der Waals surface area contributed by atoms with Crippen molar-refractivity contribution in [1.29, 1.82) is 0 Å². The summed E-state index contributed by atoms with van der Waals surface area (Å²) in [5.74, 6) is 0. The fourth-order valence-corrected chi connectivity index (χ4v) is 1.88. The van der Waals surface area contributed by atoms with Crippen LogP contribution in [0.25, 0.3) is 0 Å². The summed E-state index contributed by atoms with van der Waals surface area (Å²) in [5.41, 5.74) is 3.52. The molecule has 0 unspecified atom stereocenters. The third kappa shape index (κ3) is 3.42. The lowest BCUT2D eigenvalue weighted by Crippen LogP contribution is -2.10. The summed E-state index contributed by atoms with van der Waals surface area (Å²) in [6, 6.07) is 13.0. The highest BCUT2D eigenvalue weighted by Gasteiger charge is 2.03. The lowest BCUT2D eigenvalue weighted by Gasteiger charge is -2.11. The first kappa shape index (κ1) is 14.2. The van der Waals surface area contributed by atoms with E-state index in [1.54, 1.807) is 12.1 Å². The van der Waals surface area contributed by atoms with Gasteiger partial charge in [0.15, 0.2) is 0 Å². The average Bonchev–Trinajstić information content (AvgIpc) is 2.46. The van der Waals surface area contributed by atoms with Crippen LogP contribution in [0.3, 0.4) is 0 Å². The molecule has 2 aromatic rings. The molecule has 104 valence electrons. The molecule has 20 heavy (non-hydrogen) atoms. The third-order valence-electron chi connectivity index (χ3n) is 2.86. The van der Waals surface area contributed by atoms with Crippen molar-refractivity contribution in [1.82, 2.24) is 0 Å². The minimum Gasteiger partial charge on any atom is -0.453 e. The van der Waals surface area contributed by atoms with Crippen molar-refractivity contribution in [2.75, 3.05) is 17.7 Å². The van der Waals surface area contributed by atoms with Crippen LogP contribution in [-0.4, -0.2) is 13.2 Å². The number of rotatable bonds is 3. The highest BCUT2D eigenvalue weighted by molar-refractivity contribution is 6.31. The number of methoxy groups -OCH3 is 1. The molecule has 0 aliphatic rings. The fraction of sp³-hybridized carbons (Fsp3) is 0.133. The van der Waals surface area contributed by atoms with Gasteiger partial charge < -0.3 is 10.1 Å². The van der Waals surface area contributed by atoms with Gasteiger partial charge in [-0.2, -0.15) is 0 Å². The second-order valence-electron chi connectivity index (χ2n) is 4.23. The van der Waals surface area contributed by atoms with Crippen molar-refractivity contribution in [3.05, 3.63) is 53.1 Å². The zero-order valence-corrected chi connectivity index (χ0v) is 12.0. The predicted molar refractivity (Wildman–Crippen MR) is 81.9 cm³/mol. The Morgan fingerprint density at radius 2 is 1.75 bits per heavy atom. The summed E-state index contributed by atoms with van der Waals surface area (Å²) < 4.78 is 4.53. The van der Waals surface area contributed by atoms with Crippen LogP contribution in [0, 0.1) is 6.92 Å².